The Bertz CT molecular complexity index is 679. The Balaban J connectivity index is 0.00000512. The fourth-order valence-electron chi connectivity index (χ4n) is 3.64. The van der Waals surface area contributed by atoms with Crippen LogP contribution in [-0.4, -0.2) is 67.2 Å². The predicted molar refractivity (Wildman–Crippen MR) is 132 cm³/mol. The predicted octanol–water partition coefficient (Wildman–Crippen LogP) is 3.78. The number of aliphatic hydroxyl groups excluding tert-OH is 1. The topological polar surface area (TPSA) is 69.1 Å². The molecule has 0 radical (unpaired) electrons. The number of aliphatic hydroxyl groups is 1. The average Bonchev–Trinajstić information content (AvgIpc) is 2.71. The quantitative estimate of drug-likeness (QED) is 0.239. The van der Waals surface area contributed by atoms with Crippen molar-refractivity contribution in [1.29, 1.82) is 0 Å². The van der Waals surface area contributed by atoms with E-state index in [0.29, 0.717) is 25.0 Å². The van der Waals surface area contributed by atoms with Crippen LogP contribution in [0.4, 0.5) is 13.2 Å². The lowest BCUT2D eigenvalue weighted by Crippen LogP contribution is -2.50. The molecule has 1 aliphatic heterocycles. The standard InChI is InChI=1S/C22H35F3N4O2.HI/c1-4-26-21(28-19-9-11-29(12-10-19)16(2)3)27-14-18(15-30)13-17-5-7-20(8-6-17)31-22(23,24)25;/h5-8,16,18-19,30H,4,9-15H2,1-3H3,(H2,26,27,28);1H. The van der Waals surface area contributed by atoms with Gasteiger partial charge in [-0.05, 0) is 57.7 Å². The lowest BCUT2D eigenvalue weighted by Gasteiger charge is -2.35. The average molecular weight is 572 g/mol. The van der Waals surface area contributed by atoms with Crippen molar-refractivity contribution in [2.45, 2.75) is 58.5 Å². The van der Waals surface area contributed by atoms with E-state index in [1.54, 1.807) is 12.1 Å². The monoisotopic (exact) mass is 572 g/mol. The van der Waals surface area contributed by atoms with Gasteiger partial charge in [-0.2, -0.15) is 0 Å². The Morgan fingerprint density at radius 3 is 2.34 bits per heavy atom. The minimum absolute atomic E-state index is 0. The summed E-state index contributed by atoms with van der Waals surface area (Å²) < 4.78 is 40.7. The zero-order valence-corrected chi connectivity index (χ0v) is 21.3. The van der Waals surface area contributed by atoms with Crippen LogP contribution in [-0.2, 0) is 6.42 Å². The normalized spacial score (nSPS) is 17.1. The van der Waals surface area contributed by atoms with Crippen LogP contribution in [0, 0.1) is 5.92 Å². The van der Waals surface area contributed by atoms with Crippen LogP contribution in [0.25, 0.3) is 0 Å². The minimum atomic E-state index is -4.70. The first-order chi connectivity index (χ1) is 14.7. The van der Waals surface area contributed by atoms with Crippen molar-refractivity contribution in [3.63, 3.8) is 0 Å². The van der Waals surface area contributed by atoms with Gasteiger partial charge >= 0.3 is 6.36 Å². The molecule has 1 saturated heterocycles. The van der Waals surface area contributed by atoms with Gasteiger partial charge in [0.25, 0.3) is 0 Å². The molecule has 1 aromatic carbocycles. The van der Waals surface area contributed by atoms with E-state index in [1.807, 2.05) is 6.92 Å². The maximum atomic E-state index is 12.3. The number of hydrogen-bond donors (Lipinski definition) is 3. The van der Waals surface area contributed by atoms with Crippen molar-refractivity contribution in [2.24, 2.45) is 10.9 Å². The molecular formula is C22H36F3IN4O2. The van der Waals surface area contributed by atoms with Gasteiger partial charge in [0.15, 0.2) is 5.96 Å². The molecule has 1 atom stereocenters. The van der Waals surface area contributed by atoms with E-state index in [0.717, 1.165) is 44.0 Å². The number of rotatable bonds is 9. The minimum Gasteiger partial charge on any atom is -0.406 e. The summed E-state index contributed by atoms with van der Waals surface area (Å²) in [4.78, 5) is 7.11. The van der Waals surface area contributed by atoms with Crippen LogP contribution in [0.15, 0.2) is 29.3 Å². The van der Waals surface area contributed by atoms with Gasteiger partial charge in [0, 0.05) is 50.8 Å². The molecule has 1 unspecified atom stereocenters. The maximum absolute atomic E-state index is 12.3. The van der Waals surface area contributed by atoms with Crippen LogP contribution >= 0.6 is 24.0 Å². The van der Waals surface area contributed by atoms with Crippen molar-refractivity contribution in [3.8, 4) is 5.75 Å². The summed E-state index contributed by atoms with van der Waals surface area (Å²) in [7, 11) is 0. The summed E-state index contributed by atoms with van der Waals surface area (Å²) in [6, 6.07) is 6.66. The summed E-state index contributed by atoms with van der Waals surface area (Å²) in [5.74, 6) is 0.350. The molecule has 3 N–H and O–H groups in total. The maximum Gasteiger partial charge on any atom is 0.573 e. The molecule has 184 valence electrons. The van der Waals surface area contributed by atoms with Crippen LogP contribution in [0.1, 0.15) is 39.2 Å². The van der Waals surface area contributed by atoms with Gasteiger partial charge in [-0.3, -0.25) is 4.99 Å². The number of nitrogens with one attached hydrogen (secondary N) is 2. The number of aliphatic imine (C=N–C) groups is 1. The molecule has 0 bridgehead atoms. The van der Waals surface area contributed by atoms with Gasteiger partial charge in [0.2, 0.25) is 0 Å². The van der Waals surface area contributed by atoms with Gasteiger partial charge in [0.1, 0.15) is 5.75 Å². The van der Waals surface area contributed by atoms with Crippen molar-refractivity contribution in [1.82, 2.24) is 15.5 Å². The van der Waals surface area contributed by atoms with Gasteiger partial charge in [-0.25, -0.2) is 0 Å². The van der Waals surface area contributed by atoms with Gasteiger partial charge in [-0.1, -0.05) is 12.1 Å². The Hall–Kier alpha value is -1.27. The third-order valence-corrected chi connectivity index (χ3v) is 5.39. The van der Waals surface area contributed by atoms with Gasteiger partial charge in [0.05, 0.1) is 0 Å². The molecular weight excluding hydrogens is 536 g/mol. The molecule has 0 amide bonds. The SMILES string of the molecule is CCNC(=NCC(CO)Cc1ccc(OC(F)(F)F)cc1)NC1CCN(C(C)C)CC1.I. The van der Waals surface area contributed by atoms with E-state index < -0.39 is 6.36 Å². The van der Waals surface area contributed by atoms with Crippen LogP contribution < -0.4 is 15.4 Å². The number of ether oxygens (including phenoxy) is 1. The number of alkyl halides is 3. The number of nitrogens with zero attached hydrogens (tertiary/aromatic N) is 2. The molecule has 1 heterocycles. The van der Waals surface area contributed by atoms with Crippen molar-refractivity contribution >= 4 is 29.9 Å². The Labute approximate surface area is 206 Å². The molecule has 1 fully saturated rings. The van der Waals surface area contributed by atoms with E-state index in [2.05, 4.69) is 39.1 Å². The van der Waals surface area contributed by atoms with E-state index in [4.69, 9.17) is 0 Å². The molecule has 10 heteroatoms. The molecule has 2 rings (SSSR count). The van der Waals surface area contributed by atoms with E-state index in [9.17, 15) is 18.3 Å². The number of benzene rings is 1. The Kier molecular flexibility index (Phi) is 12.7. The summed E-state index contributed by atoms with van der Waals surface area (Å²) in [5.41, 5.74) is 0.822. The molecule has 0 aromatic heterocycles. The highest BCUT2D eigenvalue weighted by Crippen LogP contribution is 2.23. The molecule has 0 aliphatic carbocycles. The first-order valence-electron chi connectivity index (χ1n) is 10.9. The number of guanidine groups is 1. The molecule has 0 spiro atoms. The second kappa shape index (κ2) is 14.1. The molecule has 0 saturated carbocycles. The molecule has 1 aliphatic rings. The Morgan fingerprint density at radius 2 is 1.84 bits per heavy atom. The first kappa shape index (κ1) is 28.8. The van der Waals surface area contributed by atoms with Gasteiger partial charge in [-0.15, -0.1) is 37.1 Å². The fraction of sp³-hybridized carbons (Fsp3) is 0.682. The highest BCUT2D eigenvalue weighted by atomic mass is 127. The third kappa shape index (κ3) is 10.6. The molecule has 1 aromatic rings. The van der Waals surface area contributed by atoms with Crippen LogP contribution in [0.2, 0.25) is 0 Å². The first-order valence-corrected chi connectivity index (χ1v) is 10.9. The third-order valence-electron chi connectivity index (χ3n) is 5.39. The van der Waals surface area contributed by atoms with Crippen molar-refractivity contribution in [3.05, 3.63) is 29.8 Å². The van der Waals surface area contributed by atoms with E-state index in [1.165, 1.54) is 12.1 Å². The summed E-state index contributed by atoms with van der Waals surface area (Å²) in [6.07, 6.45) is -2.08. The smallest absolute Gasteiger partial charge is 0.406 e. The second-order valence-electron chi connectivity index (χ2n) is 8.21. The second-order valence-corrected chi connectivity index (χ2v) is 8.21. The summed E-state index contributed by atoms with van der Waals surface area (Å²) in [5, 5.41) is 16.5. The van der Waals surface area contributed by atoms with E-state index >= 15 is 0 Å². The fourth-order valence-corrected chi connectivity index (χ4v) is 3.64. The largest absolute Gasteiger partial charge is 0.573 e. The highest BCUT2D eigenvalue weighted by Gasteiger charge is 2.31. The zero-order valence-electron chi connectivity index (χ0n) is 19.0. The lowest BCUT2D eigenvalue weighted by atomic mass is 10.00. The van der Waals surface area contributed by atoms with Gasteiger partial charge < -0.3 is 25.4 Å². The number of hydrogen-bond acceptors (Lipinski definition) is 4. The van der Waals surface area contributed by atoms with E-state index in [-0.39, 0.29) is 42.3 Å². The Morgan fingerprint density at radius 1 is 1.22 bits per heavy atom. The number of piperidine rings is 1. The number of likely N-dealkylation sites (tertiary alicyclic amines) is 1. The summed E-state index contributed by atoms with van der Waals surface area (Å²) in [6.45, 7) is 9.64. The van der Waals surface area contributed by atoms with Crippen LogP contribution in [0.5, 0.6) is 5.75 Å². The molecule has 6 nitrogen and oxygen atoms in total. The highest BCUT2D eigenvalue weighted by molar-refractivity contribution is 14.0. The summed E-state index contributed by atoms with van der Waals surface area (Å²) >= 11 is 0. The molecule has 32 heavy (non-hydrogen) atoms. The van der Waals surface area contributed by atoms with Crippen molar-refractivity contribution < 1.29 is 23.0 Å². The zero-order chi connectivity index (χ0) is 22.9. The van der Waals surface area contributed by atoms with Crippen molar-refractivity contribution in [2.75, 3.05) is 32.8 Å². The lowest BCUT2D eigenvalue weighted by molar-refractivity contribution is -0.274. The van der Waals surface area contributed by atoms with Crippen LogP contribution in [0.3, 0.4) is 0 Å². The number of halogens is 4.